The molecule has 2 aliphatic rings. The Hall–Kier alpha value is -2.19. The van der Waals surface area contributed by atoms with Crippen molar-refractivity contribution in [2.75, 3.05) is 9.80 Å². The largest absolute Gasteiger partial charge is 2.00 e. The molecule has 0 N–H and O–H groups in total. The normalized spacial score (nSPS) is 16.0. The van der Waals surface area contributed by atoms with Crippen LogP contribution in [0.25, 0.3) is 0 Å². The van der Waals surface area contributed by atoms with Crippen molar-refractivity contribution in [2.24, 2.45) is 10.8 Å². The Kier molecular flexibility index (Phi) is 16.2. The molecule has 0 unspecified atom stereocenters. The third kappa shape index (κ3) is 10.9. The second-order valence-corrected chi connectivity index (χ2v) is 14.2. The van der Waals surface area contributed by atoms with Crippen LogP contribution in [0.4, 0.5) is 28.9 Å². The van der Waals surface area contributed by atoms with Crippen LogP contribution >= 0.6 is 0 Å². The van der Waals surface area contributed by atoms with Crippen LogP contribution in [0.5, 0.6) is 0 Å². The summed E-state index contributed by atoms with van der Waals surface area (Å²) in [6.45, 7) is 11.7. The fourth-order valence-electron chi connectivity index (χ4n) is 6.98. The minimum Gasteiger partial charge on any atom is -0.360 e. The van der Waals surface area contributed by atoms with Crippen molar-refractivity contribution >= 4 is 23.2 Å². The van der Waals surface area contributed by atoms with Crippen molar-refractivity contribution < 1.29 is 48.9 Å². The molecule has 4 nitrogen and oxygen atoms in total. The van der Waals surface area contributed by atoms with E-state index in [4.69, 9.17) is 0 Å². The maximum absolute atomic E-state index is 14.3. The van der Waals surface area contributed by atoms with Gasteiger partial charge in [0.25, 0.3) is 0 Å². The van der Waals surface area contributed by atoms with Crippen LogP contribution < -0.4 is 9.80 Å². The third-order valence-electron chi connectivity index (χ3n) is 9.43. The molecule has 47 heavy (non-hydrogen) atoms. The molecule has 4 rings (SSSR count). The van der Waals surface area contributed by atoms with Gasteiger partial charge in [0.2, 0.25) is 11.8 Å². The molecule has 0 bridgehead atoms. The van der Waals surface area contributed by atoms with E-state index in [0.29, 0.717) is 0 Å². The standard InChI is InChI=1S/2C19H26F2NO.Ti/c2*1-4-12-19(2,3)18(23)22(15-8-6-5-7-9-15)17-11-10-14(20)13-16(17)21;/h2*10-11,15H,4-9,12H2,1-3H3;/q2*-1;+2. The Labute approximate surface area is 294 Å². The first-order valence-corrected chi connectivity index (χ1v) is 17.2. The minimum atomic E-state index is -0.781. The van der Waals surface area contributed by atoms with Crippen molar-refractivity contribution in [1.82, 2.24) is 0 Å². The molecule has 9 heteroatoms. The van der Waals surface area contributed by atoms with E-state index < -0.39 is 34.1 Å². The first-order chi connectivity index (χ1) is 21.7. The van der Waals surface area contributed by atoms with Crippen LogP contribution in [-0.2, 0) is 31.3 Å². The molecule has 0 radical (unpaired) electrons. The van der Waals surface area contributed by atoms with Gasteiger partial charge in [-0.1, -0.05) is 92.9 Å². The Morgan fingerprint density at radius 3 is 1.23 bits per heavy atom. The third-order valence-corrected chi connectivity index (χ3v) is 9.43. The van der Waals surface area contributed by atoms with Crippen molar-refractivity contribution in [3.8, 4) is 0 Å². The van der Waals surface area contributed by atoms with E-state index in [-0.39, 0.29) is 57.0 Å². The van der Waals surface area contributed by atoms with E-state index in [1.165, 1.54) is 24.3 Å². The maximum atomic E-state index is 14.3. The summed E-state index contributed by atoms with van der Waals surface area (Å²) in [5, 5.41) is 0. The monoisotopic (exact) mass is 692 g/mol. The predicted molar refractivity (Wildman–Crippen MR) is 176 cm³/mol. The van der Waals surface area contributed by atoms with Gasteiger partial charge in [-0.25, -0.2) is 17.6 Å². The number of rotatable bonds is 10. The van der Waals surface area contributed by atoms with E-state index >= 15 is 0 Å². The molecular weight excluding hydrogens is 640 g/mol. The molecule has 0 atom stereocenters. The Morgan fingerprint density at radius 1 is 0.638 bits per heavy atom. The Balaban J connectivity index is 0.000000320. The van der Waals surface area contributed by atoms with Crippen LogP contribution in [0.15, 0.2) is 24.3 Å². The molecule has 0 aromatic heterocycles. The maximum Gasteiger partial charge on any atom is 2.00 e. The van der Waals surface area contributed by atoms with Gasteiger partial charge in [-0.3, -0.25) is 9.59 Å². The molecular formula is C38H52F4N2O2Ti. The molecule has 2 aromatic rings. The number of hydrogen-bond donors (Lipinski definition) is 0. The number of nitrogens with zero attached hydrogens (tertiary/aromatic N) is 2. The van der Waals surface area contributed by atoms with Crippen LogP contribution in [0, 0.1) is 46.2 Å². The molecule has 258 valence electrons. The second-order valence-electron chi connectivity index (χ2n) is 14.2. The summed E-state index contributed by atoms with van der Waals surface area (Å²) in [5.74, 6) is -3.20. The summed E-state index contributed by atoms with van der Waals surface area (Å²) >= 11 is 0. The molecule has 2 aliphatic carbocycles. The first-order valence-electron chi connectivity index (χ1n) is 17.2. The summed E-state index contributed by atoms with van der Waals surface area (Å²) in [4.78, 5) is 29.5. The van der Waals surface area contributed by atoms with Gasteiger partial charge in [-0.15, -0.1) is 36.4 Å². The number of carbonyl (C=O) groups excluding carboxylic acids is 2. The van der Waals surface area contributed by atoms with Gasteiger partial charge in [0.15, 0.2) is 0 Å². The molecule has 2 amide bonds. The summed E-state index contributed by atoms with van der Waals surface area (Å²) in [7, 11) is 0. The van der Waals surface area contributed by atoms with Crippen molar-refractivity contribution in [1.29, 1.82) is 0 Å². The molecule has 2 fully saturated rings. The van der Waals surface area contributed by atoms with E-state index in [0.717, 1.165) is 89.9 Å². The quantitative estimate of drug-likeness (QED) is 0.141. The van der Waals surface area contributed by atoms with Crippen LogP contribution in [-0.4, -0.2) is 23.9 Å². The molecule has 2 aromatic carbocycles. The van der Waals surface area contributed by atoms with Gasteiger partial charge in [0.05, 0.1) is 0 Å². The number of carbonyl (C=O) groups is 2. The fourth-order valence-corrected chi connectivity index (χ4v) is 6.98. The zero-order valence-electron chi connectivity index (χ0n) is 29.1. The zero-order valence-corrected chi connectivity index (χ0v) is 30.6. The van der Waals surface area contributed by atoms with E-state index in [1.807, 2.05) is 41.5 Å². The van der Waals surface area contributed by atoms with Gasteiger partial charge < -0.3 is 9.80 Å². The summed E-state index contributed by atoms with van der Waals surface area (Å²) in [6, 6.07) is 9.20. The molecule has 0 heterocycles. The fraction of sp³-hybridized carbons (Fsp3) is 0.632. The molecule has 2 saturated carbocycles. The average Bonchev–Trinajstić information content (AvgIpc) is 3.01. The SMILES string of the molecule is CCCC(C)(C)C(=O)N(c1ccc(F)[c-]c1F)C1CCCCC1.CCCC(C)(C)C(=O)N(c1ccc(F)[c-]c1F)C1CCCCC1.[Ti+2]. The second kappa shape index (κ2) is 18.5. The Bertz CT molecular complexity index is 1210. The summed E-state index contributed by atoms with van der Waals surface area (Å²) < 4.78 is 55.0. The average molecular weight is 693 g/mol. The van der Waals surface area contributed by atoms with Gasteiger partial charge in [0, 0.05) is 46.2 Å². The molecule has 0 spiro atoms. The van der Waals surface area contributed by atoms with Crippen LogP contribution in [0.2, 0.25) is 0 Å². The number of amides is 2. The number of hydrogen-bond acceptors (Lipinski definition) is 2. The van der Waals surface area contributed by atoms with Crippen LogP contribution in [0.1, 0.15) is 131 Å². The smallest absolute Gasteiger partial charge is 0.360 e. The predicted octanol–water partition coefficient (Wildman–Crippen LogP) is 10.5. The van der Waals surface area contributed by atoms with Gasteiger partial charge in [-0.2, -0.15) is 0 Å². The van der Waals surface area contributed by atoms with Gasteiger partial charge >= 0.3 is 21.7 Å². The number of benzene rings is 2. The summed E-state index contributed by atoms with van der Waals surface area (Å²) in [6.07, 6.45) is 13.2. The van der Waals surface area contributed by atoms with E-state index in [2.05, 4.69) is 12.1 Å². The van der Waals surface area contributed by atoms with Crippen molar-refractivity contribution in [3.05, 3.63) is 59.7 Å². The Morgan fingerprint density at radius 2 is 0.957 bits per heavy atom. The van der Waals surface area contributed by atoms with Gasteiger partial charge in [-0.05, 0) is 49.9 Å². The molecule has 0 aliphatic heterocycles. The summed E-state index contributed by atoms with van der Waals surface area (Å²) in [5.41, 5.74) is -0.806. The topological polar surface area (TPSA) is 40.6 Å². The van der Waals surface area contributed by atoms with E-state index in [9.17, 15) is 27.2 Å². The molecule has 0 saturated heterocycles. The van der Waals surface area contributed by atoms with Crippen LogP contribution in [0.3, 0.4) is 0 Å². The zero-order chi connectivity index (χ0) is 34.1. The number of halogens is 4. The van der Waals surface area contributed by atoms with Crippen molar-refractivity contribution in [3.63, 3.8) is 0 Å². The first kappa shape index (κ1) is 41.0. The van der Waals surface area contributed by atoms with Crippen molar-refractivity contribution in [2.45, 2.75) is 144 Å². The van der Waals surface area contributed by atoms with Gasteiger partial charge in [0.1, 0.15) is 0 Å². The minimum absolute atomic E-state index is 0. The number of anilines is 2. The van der Waals surface area contributed by atoms with E-state index in [1.54, 1.807) is 9.80 Å².